The molecule has 1 saturated carbocycles. The molecule has 2 rings (SSSR count). The van der Waals surface area contributed by atoms with E-state index in [1.54, 1.807) is 0 Å². The van der Waals surface area contributed by atoms with Crippen LogP contribution < -0.4 is 5.32 Å². The predicted molar refractivity (Wildman–Crippen MR) is 53.9 cm³/mol. The van der Waals surface area contributed by atoms with E-state index in [0.717, 1.165) is 25.3 Å². The smallest absolute Gasteiger partial charge is 0.310 e. The van der Waals surface area contributed by atoms with Crippen LogP contribution in [0.3, 0.4) is 0 Å². The van der Waals surface area contributed by atoms with E-state index in [2.05, 4.69) is 5.32 Å². The zero-order valence-corrected chi connectivity index (χ0v) is 8.79. The molecular formula is C11H19NO2. The number of rotatable bonds is 3. The van der Waals surface area contributed by atoms with E-state index in [-0.39, 0.29) is 11.9 Å². The quantitative estimate of drug-likeness (QED) is 0.694. The van der Waals surface area contributed by atoms with Crippen molar-refractivity contribution in [1.82, 2.24) is 5.32 Å². The Bertz CT molecular complexity index is 213. The van der Waals surface area contributed by atoms with Gasteiger partial charge in [-0.15, -0.1) is 0 Å². The Morgan fingerprint density at radius 2 is 2.21 bits per heavy atom. The lowest BCUT2D eigenvalue weighted by molar-refractivity contribution is -0.150. The molecule has 80 valence electrons. The summed E-state index contributed by atoms with van der Waals surface area (Å²) in [7, 11) is 0. The average molecular weight is 197 g/mol. The molecule has 0 unspecified atom stereocenters. The van der Waals surface area contributed by atoms with Gasteiger partial charge in [0.05, 0.1) is 12.5 Å². The fourth-order valence-corrected chi connectivity index (χ4v) is 2.38. The van der Waals surface area contributed by atoms with Crippen molar-refractivity contribution in [2.24, 2.45) is 11.8 Å². The molecule has 0 spiro atoms. The monoisotopic (exact) mass is 197 g/mol. The Morgan fingerprint density at radius 3 is 2.86 bits per heavy atom. The van der Waals surface area contributed by atoms with Crippen LogP contribution >= 0.6 is 0 Å². The highest BCUT2D eigenvalue weighted by Crippen LogP contribution is 2.38. The fraction of sp³-hybridized carbons (Fsp3) is 0.909. The molecule has 0 bridgehead atoms. The number of piperidine rings is 1. The van der Waals surface area contributed by atoms with Crippen LogP contribution in [0, 0.1) is 11.8 Å². The second-order valence-corrected chi connectivity index (χ2v) is 4.32. The molecule has 1 aliphatic heterocycles. The molecule has 1 saturated heterocycles. The van der Waals surface area contributed by atoms with E-state index in [1.165, 1.54) is 12.8 Å². The number of nitrogens with one attached hydrogen (secondary N) is 1. The van der Waals surface area contributed by atoms with Crippen LogP contribution in [0.4, 0.5) is 0 Å². The summed E-state index contributed by atoms with van der Waals surface area (Å²) in [5.41, 5.74) is 0. The van der Waals surface area contributed by atoms with Gasteiger partial charge in [0.2, 0.25) is 0 Å². The molecule has 3 nitrogen and oxygen atoms in total. The molecule has 0 amide bonds. The Morgan fingerprint density at radius 1 is 1.43 bits per heavy atom. The molecule has 14 heavy (non-hydrogen) atoms. The molecule has 2 fully saturated rings. The summed E-state index contributed by atoms with van der Waals surface area (Å²) in [6.07, 6.45) is 4.68. The second-order valence-electron chi connectivity index (χ2n) is 4.32. The molecule has 2 aliphatic rings. The number of carbonyl (C=O) groups is 1. The van der Waals surface area contributed by atoms with E-state index in [4.69, 9.17) is 4.74 Å². The van der Waals surface area contributed by atoms with Crippen molar-refractivity contribution >= 4 is 5.97 Å². The highest BCUT2D eigenvalue weighted by molar-refractivity contribution is 5.73. The van der Waals surface area contributed by atoms with Crippen LogP contribution in [0.15, 0.2) is 0 Å². The third-order valence-electron chi connectivity index (χ3n) is 3.22. The maximum absolute atomic E-state index is 11.7. The normalized spacial score (nSPS) is 32.6. The number of hydrogen-bond donors (Lipinski definition) is 1. The van der Waals surface area contributed by atoms with Crippen LogP contribution in [0.2, 0.25) is 0 Å². The Labute approximate surface area is 85.2 Å². The first-order chi connectivity index (χ1) is 6.83. The van der Waals surface area contributed by atoms with Gasteiger partial charge in [0.15, 0.2) is 0 Å². The summed E-state index contributed by atoms with van der Waals surface area (Å²) in [6.45, 7) is 3.45. The molecule has 0 aromatic heterocycles. The molecule has 0 radical (unpaired) electrons. The fourth-order valence-electron chi connectivity index (χ4n) is 2.38. The van der Waals surface area contributed by atoms with Crippen molar-refractivity contribution in [3.8, 4) is 0 Å². The summed E-state index contributed by atoms with van der Waals surface area (Å²) in [5.74, 6) is 0.873. The average Bonchev–Trinajstić information content (AvgIpc) is 3.01. The van der Waals surface area contributed by atoms with Crippen molar-refractivity contribution in [2.45, 2.75) is 38.6 Å². The highest BCUT2D eigenvalue weighted by atomic mass is 16.5. The molecule has 1 aliphatic carbocycles. The molecule has 1 heterocycles. The van der Waals surface area contributed by atoms with Gasteiger partial charge in [-0.25, -0.2) is 0 Å². The lowest BCUT2D eigenvalue weighted by Crippen LogP contribution is -2.46. The summed E-state index contributed by atoms with van der Waals surface area (Å²) in [4.78, 5) is 11.7. The van der Waals surface area contributed by atoms with Crippen LogP contribution in [0.5, 0.6) is 0 Å². The third-order valence-corrected chi connectivity index (χ3v) is 3.22. The summed E-state index contributed by atoms with van der Waals surface area (Å²) >= 11 is 0. The van der Waals surface area contributed by atoms with E-state index in [1.807, 2.05) is 6.92 Å². The van der Waals surface area contributed by atoms with Crippen molar-refractivity contribution in [2.75, 3.05) is 13.2 Å². The van der Waals surface area contributed by atoms with Crippen molar-refractivity contribution in [1.29, 1.82) is 0 Å². The molecule has 0 aromatic carbocycles. The minimum Gasteiger partial charge on any atom is -0.466 e. The van der Waals surface area contributed by atoms with Gasteiger partial charge < -0.3 is 10.1 Å². The third kappa shape index (κ3) is 2.08. The Hall–Kier alpha value is -0.570. The van der Waals surface area contributed by atoms with Crippen LogP contribution in [0.25, 0.3) is 0 Å². The largest absolute Gasteiger partial charge is 0.466 e. The van der Waals surface area contributed by atoms with Crippen molar-refractivity contribution in [3.63, 3.8) is 0 Å². The summed E-state index contributed by atoms with van der Waals surface area (Å²) < 4.78 is 5.11. The van der Waals surface area contributed by atoms with Gasteiger partial charge in [-0.05, 0) is 45.1 Å². The number of esters is 1. The first-order valence-electron chi connectivity index (χ1n) is 5.73. The van der Waals surface area contributed by atoms with Crippen LogP contribution in [0.1, 0.15) is 32.6 Å². The summed E-state index contributed by atoms with van der Waals surface area (Å²) in [6, 6.07) is 0.405. The first-order valence-corrected chi connectivity index (χ1v) is 5.73. The predicted octanol–water partition coefficient (Wildman–Crippen LogP) is 1.33. The van der Waals surface area contributed by atoms with Gasteiger partial charge in [0.1, 0.15) is 0 Å². The molecular weight excluding hydrogens is 178 g/mol. The second kappa shape index (κ2) is 4.30. The lowest BCUT2D eigenvalue weighted by Gasteiger charge is -2.31. The van der Waals surface area contributed by atoms with Crippen LogP contribution in [-0.2, 0) is 9.53 Å². The van der Waals surface area contributed by atoms with E-state index in [9.17, 15) is 4.79 Å². The van der Waals surface area contributed by atoms with Gasteiger partial charge >= 0.3 is 5.97 Å². The van der Waals surface area contributed by atoms with Crippen LogP contribution in [-0.4, -0.2) is 25.2 Å². The zero-order chi connectivity index (χ0) is 9.97. The number of carbonyl (C=O) groups excluding carboxylic acids is 1. The number of ether oxygens (including phenoxy) is 1. The standard InChI is InChI=1S/C11H19NO2/c1-2-14-11(13)9-4-3-7-12-10(9)8-5-6-8/h8-10,12H,2-7H2,1H3/t9-,10-/m1/s1. The first kappa shape index (κ1) is 9.97. The van der Waals surface area contributed by atoms with Gasteiger partial charge in [0, 0.05) is 6.04 Å². The number of hydrogen-bond acceptors (Lipinski definition) is 3. The van der Waals surface area contributed by atoms with Gasteiger partial charge in [-0.3, -0.25) is 4.79 Å². The molecule has 3 heteroatoms. The SMILES string of the molecule is CCOC(=O)[C@@H]1CCCN[C@@H]1C1CC1. The maximum Gasteiger partial charge on any atom is 0.310 e. The molecule has 1 N–H and O–H groups in total. The van der Waals surface area contributed by atoms with E-state index in [0.29, 0.717) is 12.6 Å². The van der Waals surface area contributed by atoms with Gasteiger partial charge in [-0.2, -0.15) is 0 Å². The van der Waals surface area contributed by atoms with E-state index < -0.39 is 0 Å². The lowest BCUT2D eigenvalue weighted by atomic mass is 9.88. The Balaban J connectivity index is 1.94. The van der Waals surface area contributed by atoms with Crippen molar-refractivity contribution < 1.29 is 9.53 Å². The van der Waals surface area contributed by atoms with E-state index >= 15 is 0 Å². The topological polar surface area (TPSA) is 38.3 Å². The molecule has 2 atom stereocenters. The van der Waals surface area contributed by atoms with Gasteiger partial charge in [0.25, 0.3) is 0 Å². The minimum atomic E-state index is 0.0107. The maximum atomic E-state index is 11.7. The zero-order valence-electron chi connectivity index (χ0n) is 8.79. The summed E-state index contributed by atoms with van der Waals surface area (Å²) in [5, 5.41) is 3.47. The van der Waals surface area contributed by atoms with Crippen molar-refractivity contribution in [3.05, 3.63) is 0 Å². The molecule has 0 aromatic rings. The minimum absolute atomic E-state index is 0.0107. The Kier molecular flexibility index (Phi) is 3.06. The van der Waals surface area contributed by atoms with Gasteiger partial charge in [-0.1, -0.05) is 0 Å². The highest BCUT2D eigenvalue weighted by Gasteiger charge is 2.41.